The van der Waals surface area contributed by atoms with E-state index in [9.17, 15) is 9.59 Å². The molecule has 0 aliphatic rings. The molecule has 0 saturated carbocycles. The quantitative estimate of drug-likeness (QED) is 0.681. The molecule has 0 spiro atoms. The first-order valence-corrected chi connectivity index (χ1v) is 7.20. The fourth-order valence-electron chi connectivity index (χ4n) is 1.59. The van der Waals surface area contributed by atoms with Gasteiger partial charge >= 0.3 is 5.97 Å². The summed E-state index contributed by atoms with van der Waals surface area (Å²) < 4.78 is 16.2. The van der Waals surface area contributed by atoms with Crippen molar-refractivity contribution in [1.82, 2.24) is 0 Å². The molecule has 1 rings (SSSR count). The Hall–Kier alpha value is -1.60. The van der Waals surface area contributed by atoms with Crippen molar-refractivity contribution in [2.24, 2.45) is 0 Å². The first-order chi connectivity index (χ1) is 9.99. The number of Topliss-reactive ketones (excluding diaryl/α,β-unsaturated/α-hetero) is 1. The van der Waals surface area contributed by atoms with Gasteiger partial charge in [-0.25, -0.2) is 4.79 Å². The Labute approximate surface area is 131 Å². The largest absolute Gasteiger partial charge is 0.490 e. The lowest BCUT2D eigenvalue weighted by atomic mass is 10.1. The third-order valence-corrected chi connectivity index (χ3v) is 3.05. The van der Waals surface area contributed by atoms with Crippen LogP contribution in [0.3, 0.4) is 0 Å². The Morgan fingerprint density at radius 1 is 1.10 bits per heavy atom. The third-order valence-electron chi connectivity index (χ3n) is 2.39. The maximum Gasteiger partial charge on any atom is 0.329 e. The first-order valence-electron chi connectivity index (χ1n) is 6.41. The number of halogens is 1. The molecule has 0 fully saturated rings. The minimum Gasteiger partial charge on any atom is -0.490 e. The second kappa shape index (κ2) is 8.63. The zero-order valence-corrected chi connectivity index (χ0v) is 13.4. The molecule has 7 heteroatoms. The van der Waals surface area contributed by atoms with Gasteiger partial charge in [-0.3, -0.25) is 4.79 Å². The van der Waals surface area contributed by atoms with Crippen molar-refractivity contribution in [3.05, 3.63) is 22.2 Å². The van der Waals surface area contributed by atoms with Crippen molar-refractivity contribution >= 4 is 27.7 Å². The summed E-state index contributed by atoms with van der Waals surface area (Å²) in [6.45, 7) is 3.76. The average molecular weight is 361 g/mol. The molecular formula is C14H17BrO6. The Balaban J connectivity index is 2.93. The molecule has 1 aromatic carbocycles. The Bertz CT molecular complexity index is 514. The van der Waals surface area contributed by atoms with Gasteiger partial charge in [-0.05, 0) is 41.9 Å². The van der Waals surface area contributed by atoms with Crippen LogP contribution in [0.1, 0.15) is 24.2 Å². The summed E-state index contributed by atoms with van der Waals surface area (Å²) in [5.41, 5.74) is 0.354. The maximum atomic E-state index is 12.0. The van der Waals surface area contributed by atoms with Crippen molar-refractivity contribution in [2.75, 3.05) is 26.4 Å². The topological polar surface area (TPSA) is 82.1 Å². The SMILES string of the molecule is CCOc1cc(Br)c(C(=O)COCC(=O)O)cc1OCC. The molecule has 1 N–H and O–H groups in total. The number of ketones is 1. The molecule has 21 heavy (non-hydrogen) atoms. The Morgan fingerprint density at radius 3 is 2.19 bits per heavy atom. The van der Waals surface area contributed by atoms with Crippen LogP contribution >= 0.6 is 15.9 Å². The number of hydrogen-bond donors (Lipinski definition) is 1. The number of carbonyl (C=O) groups is 2. The summed E-state index contributed by atoms with van der Waals surface area (Å²) in [5.74, 6) is -0.464. The first kappa shape index (κ1) is 17.5. The number of carbonyl (C=O) groups excluding carboxylic acids is 1. The lowest BCUT2D eigenvalue weighted by molar-refractivity contribution is -0.141. The highest BCUT2D eigenvalue weighted by Crippen LogP contribution is 2.34. The van der Waals surface area contributed by atoms with Crippen LogP contribution in [-0.2, 0) is 9.53 Å². The monoisotopic (exact) mass is 360 g/mol. The summed E-state index contributed by atoms with van der Waals surface area (Å²) in [6, 6.07) is 3.21. The predicted molar refractivity (Wildman–Crippen MR) is 79.3 cm³/mol. The number of carboxylic acid groups (broad SMARTS) is 1. The molecule has 0 saturated heterocycles. The van der Waals surface area contributed by atoms with E-state index < -0.39 is 12.6 Å². The zero-order valence-electron chi connectivity index (χ0n) is 11.8. The lowest BCUT2D eigenvalue weighted by Gasteiger charge is -2.13. The van der Waals surface area contributed by atoms with E-state index in [-0.39, 0.29) is 12.4 Å². The molecule has 0 heterocycles. The van der Waals surface area contributed by atoms with Gasteiger partial charge in [0.15, 0.2) is 17.3 Å². The molecule has 0 unspecified atom stereocenters. The second-order valence-electron chi connectivity index (χ2n) is 3.95. The number of ether oxygens (including phenoxy) is 3. The fourth-order valence-corrected chi connectivity index (χ4v) is 2.14. The summed E-state index contributed by atoms with van der Waals surface area (Å²) in [7, 11) is 0. The van der Waals surface area contributed by atoms with Crippen molar-refractivity contribution in [3.63, 3.8) is 0 Å². The van der Waals surface area contributed by atoms with Crippen LogP contribution in [0.5, 0.6) is 11.5 Å². The number of carboxylic acids is 1. The van der Waals surface area contributed by atoms with Crippen LogP contribution in [0.4, 0.5) is 0 Å². The van der Waals surface area contributed by atoms with Gasteiger partial charge in [0, 0.05) is 10.0 Å². The van der Waals surface area contributed by atoms with Gasteiger partial charge in [0.25, 0.3) is 0 Å². The third kappa shape index (κ3) is 5.35. The van der Waals surface area contributed by atoms with Gasteiger partial charge in [-0.1, -0.05) is 0 Å². The highest BCUT2D eigenvalue weighted by Gasteiger charge is 2.16. The molecular weight excluding hydrogens is 344 g/mol. The van der Waals surface area contributed by atoms with E-state index in [0.717, 1.165) is 0 Å². The summed E-state index contributed by atoms with van der Waals surface area (Å²) in [6.07, 6.45) is 0. The van der Waals surface area contributed by atoms with Gasteiger partial charge < -0.3 is 19.3 Å². The van der Waals surface area contributed by atoms with Crippen LogP contribution in [0.2, 0.25) is 0 Å². The lowest BCUT2D eigenvalue weighted by Crippen LogP contribution is -2.15. The molecule has 0 aliphatic carbocycles. The molecule has 0 aliphatic heterocycles. The van der Waals surface area contributed by atoms with E-state index in [1.807, 2.05) is 13.8 Å². The number of benzene rings is 1. The summed E-state index contributed by atoms with van der Waals surface area (Å²) in [5, 5.41) is 8.48. The minimum atomic E-state index is -1.12. The van der Waals surface area contributed by atoms with E-state index in [1.54, 1.807) is 12.1 Å². The highest BCUT2D eigenvalue weighted by atomic mass is 79.9. The van der Waals surface area contributed by atoms with E-state index in [1.165, 1.54) is 0 Å². The van der Waals surface area contributed by atoms with Crippen LogP contribution < -0.4 is 9.47 Å². The van der Waals surface area contributed by atoms with Crippen LogP contribution in [0.25, 0.3) is 0 Å². The summed E-state index contributed by atoms with van der Waals surface area (Å²) in [4.78, 5) is 22.4. The van der Waals surface area contributed by atoms with Crippen molar-refractivity contribution < 1.29 is 28.9 Å². The van der Waals surface area contributed by atoms with E-state index in [0.29, 0.717) is 34.7 Å². The Kier molecular flexibility index (Phi) is 7.18. The molecule has 116 valence electrons. The Morgan fingerprint density at radius 2 is 1.67 bits per heavy atom. The molecule has 0 amide bonds. The van der Waals surface area contributed by atoms with Gasteiger partial charge in [0.1, 0.15) is 13.2 Å². The van der Waals surface area contributed by atoms with E-state index in [2.05, 4.69) is 15.9 Å². The zero-order chi connectivity index (χ0) is 15.8. The molecule has 0 bridgehead atoms. The normalized spacial score (nSPS) is 10.2. The number of rotatable bonds is 9. The highest BCUT2D eigenvalue weighted by molar-refractivity contribution is 9.10. The standard InChI is InChI=1S/C14H17BrO6/c1-3-20-12-5-9(10(15)6-13(12)21-4-2)11(16)7-19-8-14(17)18/h5-6H,3-4,7-8H2,1-2H3,(H,17,18). The van der Waals surface area contributed by atoms with Gasteiger partial charge in [-0.15, -0.1) is 0 Å². The van der Waals surface area contributed by atoms with E-state index in [4.69, 9.17) is 19.3 Å². The van der Waals surface area contributed by atoms with Crippen molar-refractivity contribution in [2.45, 2.75) is 13.8 Å². The smallest absolute Gasteiger partial charge is 0.329 e. The van der Waals surface area contributed by atoms with Crippen molar-refractivity contribution in [1.29, 1.82) is 0 Å². The van der Waals surface area contributed by atoms with E-state index >= 15 is 0 Å². The molecule has 6 nitrogen and oxygen atoms in total. The van der Waals surface area contributed by atoms with Crippen LogP contribution in [-0.4, -0.2) is 43.3 Å². The van der Waals surface area contributed by atoms with Gasteiger partial charge in [0.2, 0.25) is 0 Å². The summed E-state index contributed by atoms with van der Waals surface area (Å²) >= 11 is 3.30. The predicted octanol–water partition coefficient (Wildman–Crippen LogP) is 2.53. The fraction of sp³-hybridized carbons (Fsp3) is 0.429. The van der Waals surface area contributed by atoms with Gasteiger partial charge in [-0.2, -0.15) is 0 Å². The van der Waals surface area contributed by atoms with Crippen LogP contribution in [0, 0.1) is 0 Å². The molecule has 0 aromatic heterocycles. The molecule has 1 aromatic rings. The minimum absolute atomic E-state index is 0.315. The average Bonchev–Trinajstić information content (AvgIpc) is 2.41. The second-order valence-corrected chi connectivity index (χ2v) is 4.81. The van der Waals surface area contributed by atoms with Gasteiger partial charge in [0.05, 0.1) is 13.2 Å². The van der Waals surface area contributed by atoms with Crippen LogP contribution in [0.15, 0.2) is 16.6 Å². The maximum absolute atomic E-state index is 12.0. The number of aliphatic carboxylic acids is 1. The molecule has 0 atom stereocenters. The number of hydrogen-bond acceptors (Lipinski definition) is 5. The van der Waals surface area contributed by atoms with Crippen molar-refractivity contribution in [3.8, 4) is 11.5 Å². The molecule has 0 radical (unpaired) electrons.